The molecule has 0 saturated carbocycles. The van der Waals surface area contributed by atoms with Crippen molar-refractivity contribution in [1.82, 2.24) is 20.0 Å². The zero-order valence-corrected chi connectivity index (χ0v) is 14.0. The Labute approximate surface area is 144 Å². The highest BCUT2D eigenvalue weighted by molar-refractivity contribution is 5.61. The van der Waals surface area contributed by atoms with Crippen LogP contribution in [0.4, 0.5) is 5.95 Å². The van der Waals surface area contributed by atoms with Gasteiger partial charge in [-0.3, -0.25) is 14.7 Å². The van der Waals surface area contributed by atoms with E-state index in [0.717, 1.165) is 34.8 Å². The standard InChI is InChI=1S/C18H19N5O2/c1-11-13(16(25-22-11)12-5-3-2-4-6-12)9-23-8-7-15-14(10-23)17(24)21-18(19)20-15/h2-6H,7-10H2,1H3,(H3,19,20,21,24). The Kier molecular flexibility index (Phi) is 3.85. The molecule has 0 spiro atoms. The molecule has 0 saturated heterocycles. The number of hydrogen-bond acceptors (Lipinski definition) is 6. The summed E-state index contributed by atoms with van der Waals surface area (Å²) < 4.78 is 5.56. The number of H-pyrrole nitrogens is 1. The molecule has 4 rings (SSSR count). The van der Waals surface area contributed by atoms with Crippen molar-refractivity contribution in [3.05, 3.63) is 63.2 Å². The van der Waals surface area contributed by atoms with Crippen LogP contribution < -0.4 is 11.3 Å². The molecule has 3 aromatic rings. The molecule has 0 unspecified atom stereocenters. The van der Waals surface area contributed by atoms with Gasteiger partial charge in [0.25, 0.3) is 5.56 Å². The normalized spacial score (nSPS) is 14.4. The van der Waals surface area contributed by atoms with E-state index in [4.69, 9.17) is 10.3 Å². The van der Waals surface area contributed by atoms with Gasteiger partial charge in [0.15, 0.2) is 5.76 Å². The fraction of sp³-hybridized carbons (Fsp3) is 0.278. The lowest BCUT2D eigenvalue weighted by Crippen LogP contribution is -2.35. The zero-order chi connectivity index (χ0) is 17.4. The number of nitrogen functional groups attached to an aromatic ring is 1. The van der Waals surface area contributed by atoms with Gasteiger partial charge < -0.3 is 10.3 Å². The van der Waals surface area contributed by atoms with E-state index in [1.54, 1.807) is 0 Å². The Morgan fingerprint density at radius 3 is 2.92 bits per heavy atom. The maximum absolute atomic E-state index is 12.2. The van der Waals surface area contributed by atoms with Gasteiger partial charge in [-0.2, -0.15) is 0 Å². The molecule has 1 aliphatic rings. The third kappa shape index (κ3) is 2.94. The van der Waals surface area contributed by atoms with Gasteiger partial charge in [0.05, 0.1) is 17.0 Å². The number of anilines is 1. The lowest BCUT2D eigenvalue weighted by Gasteiger charge is -2.27. The van der Waals surface area contributed by atoms with Gasteiger partial charge in [-0.25, -0.2) is 4.98 Å². The second-order valence-corrected chi connectivity index (χ2v) is 6.28. The van der Waals surface area contributed by atoms with Gasteiger partial charge in [0.2, 0.25) is 5.95 Å². The van der Waals surface area contributed by atoms with Crippen LogP contribution in [0.25, 0.3) is 11.3 Å². The van der Waals surface area contributed by atoms with Gasteiger partial charge in [0.1, 0.15) is 0 Å². The minimum atomic E-state index is -0.155. The summed E-state index contributed by atoms with van der Waals surface area (Å²) in [6, 6.07) is 9.94. The monoisotopic (exact) mass is 337 g/mol. The second kappa shape index (κ2) is 6.18. The molecule has 7 heteroatoms. The highest BCUT2D eigenvalue weighted by Crippen LogP contribution is 2.28. The maximum Gasteiger partial charge on any atom is 0.257 e. The molecule has 0 amide bonds. The van der Waals surface area contributed by atoms with E-state index < -0.39 is 0 Å². The molecule has 128 valence electrons. The van der Waals surface area contributed by atoms with Crippen LogP contribution in [0.15, 0.2) is 39.6 Å². The number of nitrogens with one attached hydrogen (secondary N) is 1. The van der Waals surface area contributed by atoms with Crippen LogP contribution in [0.1, 0.15) is 22.5 Å². The van der Waals surface area contributed by atoms with Crippen LogP contribution in [0.2, 0.25) is 0 Å². The van der Waals surface area contributed by atoms with Crippen LogP contribution in [0.3, 0.4) is 0 Å². The van der Waals surface area contributed by atoms with Crippen molar-refractivity contribution < 1.29 is 4.52 Å². The molecule has 0 aliphatic carbocycles. The van der Waals surface area contributed by atoms with E-state index in [1.165, 1.54) is 0 Å². The van der Waals surface area contributed by atoms with E-state index in [9.17, 15) is 4.79 Å². The van der Waals surface area contributed by atoms with Crippen molar-refractivity contribution in [1.29, 1.82) is 0 Å². The average molecular weight is 337 g/mol. The minimum Gasteiger partial charge on any atom is -0.369 e. The molecular formula is C18H19N5O2. The second-order valence-electron chi connectivity index (χ2n) is 6.28. The van der Waals surface area contributed by atoms with E-state index in [0.29, 0.717) is 25.1 Å². The van der Waals surface area contributed by atoms with E-state index >= 15 is 0 Å². The van der Waals surface area contributed by atoms with Gasteiger partial charge in [-0.15, -0.1) is 0 Å². The number of aryl methyl sites for hydroxylation is 1. The van der Waals surface area contributed by atoms with E-state index in [1.807, 2.05) is 37.3 Å². The number of hydrogen-bond donors (Lipinski definition) is 2. The van der Waals surface area contributed by atoms with Gasteiger partial charge in [0, 0.05) is 37.2 Å². The van der Waals surface area contributed by atoms with Gasteiger partial charge in [-0.1, -0.05) is 35.5 Å². The Bertz CT molecular complexity index is 961. The van der Waals surface area contributed by atoms with Crippen molar-refractivity contribution in [2.45, 2.75) is 26.4 Å². The minimum absolute atomic E-state index is 0.155. The SMILES string of the molecule is Cc1noc(-c2ccccc2)c1CN1CCc2nc(N)[nH]c(=O)c2C1. The molecule has 1 aliphatic heterocycles. The molecule has 3 heterocycles. The van der Waals surface area contributed by atoms with Crippen LogP contribution in [0, 0.1) is 6.92 Å². The number of aromatic nitrogens is 3. The Hall–Kier alpha value is -2.93. The zero-order valence-electron chi connectivity index (χ0n) is 14.0. The lowest BCUT2D eigenvalue weighted by atomic mass is 10.0. The molecule has 2 aromatic heterocycles. The molecule has 0 bridgehead atoms. The van der Waals surface area contributed by atoms with Gasteiger partial charge >= 0.3 is 0 Å². The summed E-state index contributed by atoms with van der Waals surface area (Å²) in [5, 5.41) is 4.13. The van der Waals surface area contributed by atoms with Crippen molar-refractivity contribution in [2.75, 3.05) is 12.3 Å². The Morgan fingerprint density at radius 1 is 1.32 bits per heavy atom. The average Bonchev–Trinajstić information content (AvgIpc) is 2.97. The topological polar surface area (TPSA) is 101 Å². The summed E-state index contributed by atoms with van der Waals surface area (Å²) in [4.78, 5) is 21.2. The molecule has 0 radical (unpaired) electrons. The number of nitrogens with two attached hydrogens (primary N) is 1. The summed E-state index contributed by atoms with van der Waals surface area (Å²) in [7, 11) is 0. The molecule has 0 fully saturated rings. The largest absolute Gasteiger partial charge is 0.369 e. The molecule has 3 N–H and O–H groups in total. The van der Waals surface area contributed by atoms with E-state index in [2.05, 4.69) is 20.0 Å². The maximum atomic E-state index is 12.2. The molecule has 7 nitrogen and oxygen atoms in total. The summed E-state index contributed by atoms with van der Waals surface area (Å²) >= 11 is 0. The van der Waals surface area contributed by atoms with Gasteiger partial charge in [-0.05, 0) is 6.92 Å². The van der Waals surface area contributed by atoms with Crippen molar-refractivity contribution in [3.8, 4) is 11.3 Å². The first-order chi connectivity index (χ1) is 12.1. The van der Waals surface area contributed by atoms with Crippen molar-refractivity contribution >= 4 is 5.95 Å². The number of benzene rings is 1. The smallest absolute Gasteiger partial charge is 0.257 e. The first-order valence-corrected chi connectivity index (χ1v) is 8.22. The fourth-order valence-electron chi connectivity index (χ4n) is 3.25. The van der Waals surface area contributed by atoms with Crippen molar-refractivity contribution in [3.63, 3.8) is 0 Å². The highest BCUT2D eigenvalue weighted by atomic mass is 16.5. The summed E-state index contributed by atoms with van der Waals surface area (Å²) in [5.41, 5.74) is 9.88. The Balaban J connectivity index is 1.62. The quantitative estimate of drug-likeness (QED) is 0.757. The summed E-state index contributed by atoms with van der Waals surface area (Å²) in [6.45, 7) is 3.96. The summed E-state index contributed by atoms with van der Waals surface area (Å²) in [5.74, 6) is 0.965. The van der Waals surface area contributed by atoms with E-state index in [-0.39, 0.29) is 11.5 Å². The third-order valence-corrected chi connectivity index (χ3v) is 4.57. The lowest BCUT2D eigenvalue weighted by molar-refractivity contribution is 0.241. The van der Waals surface area contributed by atoms with Crippen molar-refractivity contribution in [2.24, 2.45) is 0 Å². The molecule has 25 heavy (non-hydrogen) atoms. The predicted octanol–water partition coefficient (Wildman–Crippen LogP) is 1.87. The fourth-order valence-corrected chi connectivity index (χ4v) is 3.25. The highest BCUT2D eigenvalue weighted by Gasteiger charge is 2.24. The third-order valence-electron chi connectivity index (χ3n) is 4.57. The van der Waals surface area contributed by atoms with Crippen LogP contribution in [-0.2, 0) is 19.5 Å². The van der Waals surface area contributed by atoms with Crippen LogP contribution in [-0.4, -0.2) is 26.6 Å². The summed E-state index contributed by atoms with van der Waals surface area (Å²) in [6.07, 6.45) is 0.703. The Morgan fingerprint density at radius 2 is 2.12 bits per heavy atom. The first-order valence-electron chi connectivity index (χ1n) is 8.22. The number of fused-ring (bicyclic) bond motifs is 1. The van der Waals surface area contributed by atoms with Crippen LogP contribution >= 0.6 is 0 Å². The molecular weight excluding hydrogens is 318 g/mol. The number of nitrogens with zero attached hydrogens (tertiary/aromatic N) is 3. The first kappa shape index (κ1) is 15.6. The predicted molar refractivity (Wildman–Crippen MR) is 93.8 cm³/mol. The number of aromatic amines is 1. The molecule has 0 atom stereocenters. The van der Waals surface area contributed by atoms with Crippen LogP contribution in [0.5, 0.6) is 0 Å². The molecule has 1 aromatic carbocycles. The number of rotatable bonds is 3.